The first-order chi connectivity index (χ1) is 11.4. The quantitative estimate of drug-likeness (QED) is 0.808. The minimum Gasteiger partial charge on any atom is -0.496 e. The fourth-order valence-corrected chi connectivity index (χ4v) is 3.10. The van der Waals surface area contributed by atoms with Crippen molar-refractivity contribution < 1.29 is 9.47 Å². The van der Waals surface area contributed by atoms with Crippen LogP contribution in [-0.2, 0) is 4.74 Å². The molecule has 1 aliphatic rings. The lowest BCUT2D eigenvalue weighted by Gasteiger charge is -2.28. The number of rotatable bonds is 3. The van der Waals surface area contributed by atoms with E-state index in [9.17, 15) is 0 Å². The molecule has 4 rings (SSSR count). The summed E-state index contributed by atoms with van der Waals surface area (Å²) >= 11 is 0. The summed E-state index contributed by atoms with van der Waals surface area (Å²) in [7, 11) is 1.70. The molecule has 3 aromatic rings. The molecular weight excluding hydrogens is 290 g/mol. The number of nitrogens with one attached hydrogen (secondary N) is 1. The van der Waals surface area contributed by atoms with Crippen molar-refractivity contribution in [3.8, 4) is 16.9 Å². The zero-order valence-corrected chi connectivity index (χ0v) is 13.1. The highest BCUT2D eigenvalue weighted by atomic mass is 16.5. The Labute approximate surface area is 134 Å². The molecule has 0 saturated carbocycles. The van der Waals surface area contributed by atoms with Crippen molar-refractivity contribution in [1.29, 1.82) is 0 Å². The zero-order chi connectivity index (χ0) is 15.6. The largest absolute Gasteiger partial charge is 0.496 e. The average molecular weight is 309 g/mol. The Balaban J connectivity index is 1.77. The fraction of sp³-hybridized carbons (Fsp3) is 0.278. The molecule has 0 radical (unpaired) electrons. The Bertz CT molecular complexity index is 822. The molecule has 1 aromatic carbocycles. The van der Waals surface area contributed by atoms with Gasteiger partial charge >= 0.3 is 0 Å². The summed E-state index contributed by atoms with van der Waals surface area (Å²) in [5.41, 5.74) is 3.39. The fourth-order valence-electron chi connectivity index (χ4n) is 3.10. The van der Waals surface area contributed by atoms with Crippen LogP contribution in [0.4, 0.5) is 5.82 Å². The number of nitrogens with zero attached hydrogens (tertiary/aromatic N) is 2. The molecule has 0 unspecified atom stereocenters. The molecule has 0 bridgehead atoms. The van der Waals surface area contributed by atoms with Crippen LogP contribution >= 0.6 is 0 Å². The number of hydrogen-bond acceptors (Lipinski definition) is 4. The van der Waals surface area contributed by atoms with Gasteiger partial charge in [-0.3, -0.25) is 0 Å². The molecular formula is C18H19N3O2. The third-order valence-electron chi connectivity index (χ3n) is 4.29. The summed E-state index contributed by atoms with van der Waals surface area (Å²) in [4.78, 5) is 10.1. The molecule has 5 heteroatoms. The van der Waals surface area contributed by atoms with Gasteiger partial charge in [0.25, 0.3) is 0 Å². The van der Waals surface area contributed by atoms with E-state index < -0.39 is 0 Å². The number of ether oxygens (including phenoxy) is 2. The van der Waals surface area contributed by atoms with Crippen LogP contribution < -0.4 is 9.64 Å². The highest BCUT2D eigenvalue weighted by Crippen LogP contribution is 2.34. The van der Waals surface area contributed by atoms with Crippen molar-refractivity contribution >= 4 is 16.7 Å². The van der Waals surface area contributed by atoms with Crippen LogP contribution in [0.25, 0.3) is 22.0 Å². The van der Waals surface area contributed by atoms with Crippen LogP contribution in [0.3, 0.4) is 0 Å². The average Bonchev–Trinajstić information content (AvgIpc) is 3.11. The van der Waals surface area contributed by atoms with Crippen LogP contribution in [0.15, 0.2) is 42.7 Å². The van der Waals surface area contributed by atoms with Gasteiger partial charge in [0.2, 0.25) is 0 Å². The van der Waals surface area contributed by atoms with E-state index in [-0.39, 0.29) is 0 Å². The zero-order valence-electron chi connectivity index (χ0n) is 13.1. The maximum Gasteiger partial charge on any atom is 0.129 e. The number of anilines is 1. The second kappa shape index (κ2) is 5.93. The summed E-state index contributed by atoms with van der Waals surface area (Å²) in [6.07, 6.45) is 3.82. The van der Waals surface area contributed by atoms with Crippen LogP contribution in [0.1, 0.15) is 0 Å². The smallest absolute Gasteiger partial charge is 0.129 e. The normalized spacial score (nSPS) is 15.1. The van der Waals surface area contributed by atoms with Crippen molar-refractivity contribution in [2.45, 2.75) is 0 Å². The van der Waals surface area contributed by atoms with Crippen molar-refractivity contribution in [2.24, 2.45) is 0 Å². The molecule has 1 aliphatic heterocycles. The Hall–Kier alpha value is -2.53. The topological polar surface area (TPSA) is 50.4 Å². The summed E-state index contributed by atoms with van der Waals surface area (Å²) in [6, 6.07) is 10.3. The maximum absolute atomic E-state index is 5.44. The molecule has 2 aromatic heterocycles. The predicted octanol–water partition coefficient (Wildman–Crippen LogP) is 3.08. The molecule has 0 amide bonds. The van der Waals surface area contributed by atoms with Gasteiger partial charge in [-0.2, -0.15) is 0 Å². The Morgan fingerprint density at radius 3 is 2.87 bits per heavy atom. The molecule has 3 heterocycles. The molecule has 0 aliphatic carbocycles. The van der Waals surface area contributed by atoms with Crippen LogP contribution in [0.2, 0.25) is 0 Å². The first-order valence-corrected chi connectivity index (χ1v) is 7.80. The van der Waals surface area contributed by atoms with E-state index in [0.717, 1.165) is 59.9 Å². The predicted molar refractivity (Wildman–Crippen MR) is 91.1 cm³/mol. The van der Waals surface area contributed by atoms with E-state index in [1.165, 1.54) is 0 Å². The summed E-state index contributed by atoms with van der Waals surface area (Å²) in [6.45, 7) is 3.29. The van der Waals surface area contributed by atoms with Crippen molar-refractivity contribution in [3.05, 3.63) is 42.7 Å². The van der Waals surface area contributed by atoms with Gasteiger partial charge in [0.05, 0.1) is 25.8 Å². The SMILES string of the molecule is COc1ccc(-c2ccnc(N3CCOCC3)c2)c2[nH]ccc12. The lowest BCUT2D eigenvalue weighted by Crippen LogP contribution is -2.36. The van der Waals surface area contributed by atoms with E-state index in [1.54, 1.807) is 7.11 Å². The first kappa shape index (κ1) is 14.1. The van der Waals surface area contributed by atoms with Crippen LogP contribution in [0, 0.1) is 0 Å². The van der Waals surface area contributed by atoms with Crippen molar-refractivity contribution in [1.82, 2.24) is 9.97 Å². The van der Waals surface area contributed by atoms with Crippen LogP contribution in [0.5, 0.6) is 5.75 Å². The minimum absolute atomic E-state index is 0.759. The third kappa shape index (κ3) is 2.53. The molecule has 0 atom stereocenters. The number of pyridine rings is 1. The Morgan fingerprint density at radius 2 is 2.04 bits per heavy atom. The van der Waals surface area contributed by atoms with E-state index in [4.69, 9.17) is 9.47 Å². The minimum atomic E-state index is 0.759. The number of H-pyrrole nitrogens is 1. The summed E-state index contributed by atoms with van der Waals surface area (Å²) in [5, 5.41) is 1.09. The number of aromatic amines is 1. The van der Waals surface area contributed by atoms with E-state index in [0.29, 0.717) is 0 Å². The number of fused-ring (bicyclic) bond motifs is 1. The molecule has 1 saturated heterocycles. The summed E-state index contributed by atoms with van der Waals surface area (Å²) in [5.74, 6) is 1.88. The van der Waals surface area contributed by atoms with Gasteiger partial charge in [0.15, 0.2) is 0 Å². The number of hydrogen-bond donors (Lipinski definition) is 1. The third-order valence-corrected chi connectivity index (χ3v) is 4.29. The lowest BCUT2D eigenvalue weighted by molar-refractivity contribution is 0.122. The highest BCUT2D eigenvalue weighted by Gasteiger charge is 2.14. The monoisotopic (exact) mass is 309 g/mol. The van der Waals surface area contributed by atoms with Gasteiger partial charge in [0.1, 0.15) is 11.6 Å². The first-order valence-electron chi connectivity index (χ1n) is 7.80. The van der Waals surface area contributed by atoms with Gasteiger partial charge in [-0.1, -0.05) is 0 Å². The number of morpholine rings is 1. The van der Waals surface area contributed by atoms with Crippen molar-refractivity contribution in [3.63, 3.8) is 0 Å². The van der Waals surface area contributed by atoms with Gasteiger partial charge in [0, 0.05) is 36.4 Å². The molecule has 1 N–H and O–H groups in total. The second-order valence-corrected chi connectivity index (χ2v) is 5.58. The van der Waals surface area contributed by atoms with Gasteiger partial charge in [-0.25, -0.2) is 4.98 Å². The van der Waals surface area contributed by atoms with E-state index in [2.05, 4.69) is 27.0 Å². The Kier molecular flexibility index (Phi) is 3.63. The van der Waals surface area contributed by atoms with Gasteiger partial charge in [-0.05, 0) is 35.9 Å². The standard InChI is InChI=1S/C18H19N3O2/c1-22-16-3-2-14(18-15(16)5-7-20-18)13-4-6-19-17(12-13)21-8-10-23-11-9-21/h2-7,12,20H,8-11H2,1H3. The van der Waals surface area contributed by atoms with Gasteiger partial charge < -0.3 is 19.4 Å². The van der Waals surface area contributed by atoms with Crippen molar-refractivity contribution in [2.75, 3.05) is 38.3 Å². The number of benzene rings is 1. The molecule has 5 nitrogen and oxygen atoms in total. The highest BCUT2D eigenvalue weighted by molar-refractivity contribution is 5.98. The second-order valence-electron chi connectivity index (χ2n) is 5.58. The van der Waals surface area contributed by atoms with E-state index in [1.807, 2.05) is 30.6 Å². The number of methoxy groups -OCH3 is 1. The molecule has 0 spiro atoms. The maximum atomic E-state index is 5.44. The lowest BCUT2D eigenvalue weighted by atomic mass is 10.0. The Morgan fingerprint density at radius 1 is 1.17 bits per heavy atom. The molecule has 23 heavy (non-hydrogen) atoms. The van der Waals surface area contributed by atoms with E-state index >= 15 is 0 Å². The summed E-state index contributed by atoms with van der Waals surface area (Å²) < 4.78 is 10.9. The van der Waals surface area contributed by atoms with Gasteiger partial charge in [-0.15, -0.1) is 0 Å². The van der Waals surface area contributed by atoms with Crippen LogP contribution in [-0.4, -0.2) is 43.4 Å². The number of aromatic nitrogens is 2. The molecule has 118 valence electrons. The molecule has 1 fully saturated rings.